The molecule has 2 heterocycles. The quantitative estimate of drug-likeness (QED) is 0.617. The molecule has 1 N–H and O–H groups in total. The average Bonchev–Trinajstić information content (AvgIpc) is 3.14. The zero-order valence-corrected chi connectivity index (χ0v) is 15.3. The molecule has 0 bridgehead atoms. The summed E-state index contributed by atoms with van der Waals surface area (Å²) in [6, 6.07) is 9.27. The number of amides is 1. The lowest BCUT2D eigenvalue weighted by atomic mass is 10.2. The number of nitrogens with one attached hydrogen (secondary N) is 1. The maximum absolute atomic E-state index is 12.9. The number of hydrogen-bond acceptors (Lipinski definition) is 4. The van der Waals surface area contributed by atoms with Gasteiger partial charge >= 0.3 is 0 Å². The lowest BCUT2D eigenvalue weighted by molar-refractivity contribution is -0.122. The van der Waals surface area contributed by atoms with E-state index in [1.54, 1.807) is 35.2 Å². The first-order chi connectivity index (χ1) is 12.4. The Morgan fingerprint density at radius 3 is 2.69 bits per heavy atom. The zero-order valence-electron chi connectivity index (χ0n) is 14.5. The van der Waals surface area contributed by atoms with Gasteiger partial charge in [-0.3, -0.25) is 9.69 Å². The van der Waals surface area contributed by atoms with E-state index in [1.807, 2.05) is 13.8 Å². The van der Waals surface area contributed by atoms with Crippen molar-refractivity contribution in [3.05, 3.63) is 59.4 Å². The molecule has 1 amide bonds. The highest BCUT2D eigenvalue weighted by molar-refractivity contribution is 7.80. The number of halogens is 1. The maximum atomic E-state index is 12.9. The van der Waals surface area contributed by atoms with E-state index < -0.39 is 0 Å². The van der Waals surface area contributed by atoms with Crippen molar-refractivity contribution in [1.29, 1.82) is 0 Å². The molecular weight excluding hydrogens is 355 g/mol. The summed E-state index contributed by atoms with van der Waals surface area (Å²) in [7, 11) is 0. The number of ether oxygens (including phenoxy) is 1. The highest BCUT2D eigenvalue weighted by Crippen LogP contribution is 2.19. The third kappa shape index (κ3) is 4.29. The molecule has 1 aromatic heterocycles. The molecule has 26 heavy (non-hydrogen) atoms. The molecule has 136 valence electrons. The van der Waals surface area contributed by atoms with Crippen molar-refractivity contribution in [3.63, 3.8) is 0 Å². The third-order valence-electron chi connectivity index (χ3n) is 3.67. The fourth-order valence-corrected chi connectivity index (χ4v) is 2.75. The minimum absolute atomic E-state index is 0.163. The van der Waals surface area contributed by atoms with Gasteiger partial charge in [0.05, 0.1) is 0 Å². The second-order valence-electron chi connectivity index (χ2n) is 6.34. The van der Waals surface area contributed by atoms with Gasteiger partial charge in [-0.2, -0.15) is 0 Å². The van der Waals surface area contributed by atoms with Gasteiger partial charge in [0.1, 0.15) is 35.4 Å². The lowest BCUT2D eigenvalue weighted by Crippen LogP contribution is -2.33. The summed E-state index contributed by atoms with van der Waals surface area (Å²) >= 11 is 5.22. The Bertz CT molecular complexity index is 843. The predicted octanol–water partition coefficient (Wildman–Crippen LogP) is 3.71. The van der Waals surface area contributed by atoms with Gasteiger partial charge in [-0.1, -0.05) is 13.8 Å². The van der Waals surface area contributed by atoms with Crippen LogP contribution in [0.15, 0.2) is 46.5 Å². The van der Waals surface area contributed by atoms with Crippen LogP contribution in [0, 0.1) is 11.7 Å². The second-order valence-corrected chi connectivity index (χ2v) is 6.73. The summed E-state index contributed by atoms with van der Waals surface area (Å²) < 4.78 is 24.1. The summed E-state index contributed by atoms with van der Waals surface area (Å²) in [6.07, 6.45) is 1.62. The van der Waals surface area contributed by atoms with Crippen LogP contribution in [0.25, 0.3) is 6.08 Å². The molecule has 1 fully saturated rings. The van der Waals surface area contributed by atoms with Gasteiger partial charge in [-0.15, -0.1) is 0 Å². The number of hydrogen-bond donors (Lipinski definition) is 1. The zero-order chi connectivity index (χ0) is 18.7. The van der Waals surface area contributed by atoms with Crippen molar-refractivity contribution in [2.45, 2.75) is 20.5 Å². The van der Waals surface area contributed by atoms with E-state index in [4.69, 9.17) is 21.4 Å². The van der Waals surface area contributed by atoms with E-state index in [9.17, 15) is 9.18 Å². The van der Waals surface area contributed by atoms with Gasteiger partial charge in [-0.05, 0) is 54.5 Å². The highest BCUT2D eigenvalue weighted by Gasteiger charge is 2.31. The molecule has 7 heteroatoms. The fraction of sp³-hybridized carbons (Fsp3) is 0.263. The largest absolute Gasteiger partial charge is 0.486 e. The average molecular weight is 374 g/mol. The Morgan fingerprint density at radius 2 is 2.00 bits per heavy atom. The number of carbonyl (C=O) groups excluding carboxylic acids is 1. The van der Waals surface area contributed by atoms with E-state index in [0.717, 1.165) is 0 Å². The van der Waals surface area contributed by atoms with E-state index in [2.05, 4.69) is 5.32 Å². The van der Waals surface area contributed by atoms with Crippen molar-refractivity contribution in [2.75, 3.05) is 6.54 Å². The Morgan fingerprint density at radius 1 is 1.27 bits per heavy atom. The van der Waals surface area contributed by atoms with Gasteiger partial charge in [-0.25, -0.2) is 4.39 Å². The SMILES string of the molecule is CC(C)CN1C(=O)/C(=C\c2ccc(COc3ccc(F)cc3)o2)NC1=S. The van der Waals surface area contributed by atoms with E-state index in [0.29, 0.717) is 40.5 Å². The molecule has 0 unspecified atom stereocenters. The molecule has 1 aliphatic rings. The van der Waals surface area contributed by atoms with Crippen LogP contribution in [0.5, 0.6) is 5.75 Å². The standard InChI is InChI=1S/C19H19FN2O3S/c1-12(2)10-22-18(23)17(21-19(22)26)9-15-7-8-16(25-15)11-24-14-5-3-13(20)4-6-14/h3-9,12H,10-11H2,1-2H3,(H,21,26)/b17-9+. The first-order valence-electron chi connectivity index (χ1n) is 8.24. The summed E-state index contributed by atoms with van der Waals surface area (Å²) in [5.41, 5.74) is 0.385. The summed E-state index contributed by atoms with van der Waals surface area (Å²) in [5.74, 6) is 1.49. The van der Waals surface area contributed by atoms with Gasteiger partial charge in [0.25, 0.3) is 5.91 Å². The van der Waals surface area contributed by atoms with Crippen molar-refractivity contribution in [3.8, 4) is 5.75 Å². The maximum Gasteiger partial charge on any atom is 0.276 e. The molecule has 2 aromatic rings. The molecule has 1 aromatic carbocycles. The number of thiocarbonyl (C=S) groups is 1. The predicted molar refractivity (Wildman–Crippen MR) is 99.7 cm³/mol. The Balaban J connectivity index is 1.64. The number of carbonyl (C=O) groups is 1. The first-order valence-corrected chi connectivity index (χ1v) is 8.65. The van der Waals surface area contributed by atoms with Crippen LogP contribution < -0.4 is 10.1 Å². The Kier molecular flexibility index (Phi) is 5.37. The Labute approximate surface area is 156 Å². The van der Waals surface area contributed by atoms with Crippen molar-refractivity contribution >= 4 is 29.3 Å². The molecule has 0 saturated carbocycles. The van der Waals surface area contributed by atoms with Gasteiger partial charge in [0.2, 0.25) is 0 Å². The van der Waals surface area contributed by atoms with Crippen LogP contribution in [0.4, 0.5) is 4.39 Å². The van der Waals surface area contributed by atoms with Crippen molar-refractivity contribution in [2.24, 2.45) is 5.92 Å². The topological polar surface area (TPSA) is 54.7 Å². The van der Waals surface area contributed by atoms with Crippen LogP contribution in [0.1, 0.15) is 25.4 Å². The van der Waals surface area contributed by atoms with Gasteiger partial charge in [0.15, 0.2) is 5.11 Å². The smallest absolute Gasteiger partial charge is 0.276 e. The first kappa shape index (κ1) is 18.1. The fourth-order valence-electron chi connectivity index (χ4n) is 2.48. The summed E-state index contributed by atoms with van der Waals surface area (Å²) in [6.45, 7) is 4.82. The normalized spacial score (nSPS) is 15.8. The van der Waals surface area contributed by atoms with Crippen molar-refractivity contribution in [1.82, 2.24) is 10.2 Å². The molecule has 1 aliphatic heterocycles. The lowest BCUT2D eigenvalue weighted by Gasteiger charge is -2.15. The molecule has 0 aliphatic carbocycles. The summed E-state index contributed by atoms with van der Waals surface area (Å²) in [4.78, 5) is 14.0. The van der Waals surface area contributed by atoms with E-state index in [-0.39, 0.29) is 18.3 Å². The number of benzene rings is 1. The molecule has 0 radical (unpaired) electrons. The number of nitrogens with zero attached hydrogens (tertiary/aromatic N) is 1. The molecule has 0 spiro atoms. The molecule has 0 atom stereocenters. The minimum Gasteiger partial charge on any atom is -0.486 e. The third-order valence-corrected chi connectivity index (χ3v) is 4.00. The van der Waals surface area contributed by atoms with Gasteiger partial charge in [0, 0.05) is 12.6 Å². The number of rotatable bonds is 6. The minimum atomic E-state index is -0.317. The van der Waals surface area contributed by atoms with Crippen LogP contribution >= 0.6 is 12.2 Å². The highest BCUT2D eigenvalue weighted by atomic mass is 32.1. The molecule has 1 saturated heterocycles. The van der Waals surface area contributed by atoms with Crippen LogP contribution in [-0.2, 0) is 11.4 Å². The van der Waals surface area contributed by atoms with Crippen molar-refractivity contribution < 1.29 is 18.3 Å². The Hall–Kier alpha value is -2.67. The van der Waals surface area contributed by atoms with E-state index in [1.165, 1.54) is 12.1 Å². The van der Waals surface area contributed by atoms with Crippen LogP contribution in [-0.4, -0.2) is 22.5 Å². The van der Waals surface area contributed by atoms with Crippen LogP contribution in [0.3, 0.4) is 0 Å². The number of furan rings is 1. The molecule has 5 nitrogen and oxygen atoms in total. The van der Waals surface area contributed by atoms with Crippen LogP contribution in [0.2, 0.25) is 0 Å². The monoisotopic (exact) mass is 374 g/mol. The summed E-state index contributed by atoms with van der Waals surface area (Å²) in [5, 5.41) is 3.33. The van der Waals surface area contributed by atoms with Gasteiger partial charge < -0.3 is 14.5 Å². The van der Waals surface area contributed by atoms with E-state index >= 15 is 0 Å². The molecule has 3 rings (SSSR count). The second kappa shape index (κ2) is 7.70. The molecular formula is C19H19FN2O3S.